The van der Waals surface area contributed by atoms with E-state index in [0.29, 0.717) is 5.02 Å². The molecular formula is C12H14BrClN4. The molecule has 6 heteroatoms. The highest BCUT2D eigenvalue weighted by Gasteiger charge is 2.15. The lowest BCUT2D eigenvalue weighted by Gasteiger charge is -2.17. The van der Waals surface area contributed by atoms with E-state index >= 15 is 0 Å². The molecule has 0 radical (unpaired) electrons. The minimum absolute atomic E-state index is 0.0326. The number of nitrogens with one attached hydrogen (secondary N) is 1. The van der Waals surface area contributed by atoms with Gasteiger partial charge >= 0.3 is 0 Å². The van der Waals surface area contributed by atoms with Crippen LogP contribution in [0.4, 0.5) is 0 Å². The van der Waals surface area contributed by atoms with E-state index < -0.39 is 0 Å². The van der Waals surface area contributed by atoms with Crippen molar-refractivity contribution in [2.24, 2.45) is 12.9 Å². The molecule has 0 fully saturated rings. The Morgan fingerprint density at radius 3 is 2.89 bits per heavy atom. The number of aromatic nitrogens is 2. The standard InChI is InChI=1S/C12H14BrClN4/c1-18-7-8(6-16-18)4-12(17-15)10-3-2-9(13)5-11(10)14/h2-3,5-7,12,17H,4,15H2,1H3. The molecule has 1 aromatic heterocycles. The Morgan fingerprint density at radius 2 is 2.33 bits per heavy atom. The molecule has 0 saturated heterocycles. The Balaban J connectivity index is 2.22. The minimum Gasteiger partial charge on any atom is -0.276 e. The summed E-state index contributed by atoms with van der Waals surface area (Å²) < 4.78 is 2.72. The Kier molecular flexibility index (Phi) is 4.40. The second-order valence-corrected chi connectivity index (χ2v) is 5.43. The largest absolute Gasteiger partial charge is 0.276 e. The minimum atomic E-state index is -0.0326. The first-order valence-corrected chi connectivity index (χ1v) is 6.66. The summed E-state index contributed by atoms with van der Waals surface area (Å²) >= 11 is 9.62. The number of hydrogen-bond acceptors (Lipinski definition) is 3. The molecule has 0 aliphatic rings. The summed E-state index contributed by atoms with van der Waals surface area (Å²) in [5, 5.41) is 4.83. The van der Waals surface area contributed by atoms with E-state index in [4.69, 9.17) is 17.4 Å². The molecular weight excluding hydrogens is 316 g/mol. The molecule has 0 aliphatic carbocycles. The first kappa shape index (κ1) is 13.5. The molecule has 1 aromatic carbocycles. The van der Waals surface area contributed by atoms with Crippen LogP contribution in [0.1, 0.15) is 17.2 Å². The molecule has 2 rings (SSSR count). The van der Waals surface area contributed by atoms with E-state index in [-0.39, 0.29) is 6.04 Å². The van der Waals surface area contributed by atoms with Crippen molar-refractivity contribution >= 4 is 27.5 Å². The van der Waals surface area contributed by atoms with Crippen LogP contribution in [0, 0.1) is 0 Å². The van der Waals surface area contributed by atoms with E-state index in [1.54, 1.807) is 4.68 Å². The van der Waals surface area contributed by atoms with Crippen molar-refractivity contribution in [3.8, 4) is 0 Å². The van der Waals surface area contributed by atoms with Gasteiger partial charge in [-0.25, -0.2) is 0 Å². The number of benzene rings is 1. The lowest BCUT2D eigenvalue weighted by Crippen LogP contribution is -2.29. The molecule has 0 spiro atoms. The number of aryl methyl sites for hydroxylation is 1. The van der Waals surface area contributed by atoms with Crippen molar-refractivity contribution in [3.63, 3.8) is 0 Å². The zero-order chi connectivity index (χ0) is 13.1. The van der Waals surface area contributed by atoms with Crippen molar-refractivity contribution in [1.29, 1.82) is 0 Å². The third kappa shape index (κ3) is 3.11. The van der Waals surface area contributed by atoms with Crippen molar-refractivity contribution in [1.82, 2.24) is 15.2 Å². The number of nitrogens with zero attached hydrogens (tertiary/aromatic N) is 2. The highest BCUT2D eigenvalue weighted by molar-refractivity contribution is 9.10. The molecule has 1 atom stereocenters. The smallest absolute Gasteiger partial charge is 0.0522 e. The van der Waals surface area contributed by atoms with Gasteiger partial charge in [-0.1, -0.05) is 33.6 Å². The van der Waals surface area contributed by atoms with E-state index in [1.165, 1.54) is 0 Å². The van der Waals surface area contributed by atoms with E-state index in [1.807, 2.05) is 37.6 Å². The SMILES string of the molecule is Cn1cc(CC(NN)c2ccc(Br)cc2Cl)cn1. The summed E-state index contributed by atoms with van der Waals surface area (Å²) in [4.78, 5) is 0. The average Bonchev–Trinajstić information content (AvgIpc) is 2.72. The molecule has 0 bridgehead atoms. The Bertz CT molecular complexity index is 541. The van der Waals surface area contributed by atoms with Gasteiger partial charge in [-0.15, -0.1) is 0 Å². The molecule has 2 aromatic rings. The van der Waals surface area contributed by atoms with Gasteiger partial charge in [0, 0.05) is 22.7 Å². The molecule has 1 heterocycles. The summed E-state index contributed by atoms with van der Waals surface area (Å²) in [7, 11) is 1.89. The predicted molar refractivity (Wildman–Crippen MR) is 76.1 cm³/mol. The molecule has 18 heavy (non-hydrogen) atoms. The molecule has 96 valence electrons. The first-order valence-electron chi connectivity index (χ1n) is 5.48. The molecule has 0 saturated carbocycles. The monoisotopic (exact) mass is 328 g/mol. The fraction of sp³-hybridized carbons (Fsp3) is 0.250. The lowest BCUT2D eigenvalue weighted by molar-refractivity contribution is 0.552. The number of nitrogens with two attached hydrogens (primary N) is 1. The van der Waals surface area contributed by atoms with Gasteiger partial charge in [0.2, 0.25) is 0 Å². The van der Waals surface area contributed by atoms with E-state index in [2.05, 4.69) is 26.5 Å². The fourth-order valence-electron chi connectivity index (χ4n) is 1.86. The van der Waals surface area contributed by atoms with Crippen LogP contribution in [0.3, 0.4) is 0 Å². The number of rotatable bonds is 4. The molecule has 4 nitrogen and oxygen atoms in total. The van der Waals surface area contributed by atoms with Crippen LogP contribution in [-0.4, -0.2) is 9.78 Å². The average molecular weight is 330 g/mol. The van der Waals surface area contributed by atoms with Crippen LogP contribution < -0.4 is 11.3 Å². The topological polar surface area (TPSA) is 55.9 Å². The highest BCUT2D eigenvalue weighted by Crippen LogP contribution is 2.28. The van der Waals surface area contributed by atoms with Crippen molar-refractivity contribution in [2.45, 2.75) is 12.5 Å². The van der Waals surface area contributed by atoms with Crippen LogP contribution in [0.15, 0.2) is 35.1 Å². The Hall–Kier alpha value is -0.880. The summed E-state index contributed by atoms with van der Waals surface area (Å²) in [6.45, 7) is 0. The predicted octanol–water partition coefficient (Wildman–Crippen LogP) is 2.58. The van der Waals surface area contributed by atoms with Gasteiger partial charge in [0.25, 0.3) is 0 Å². The Labute approximate surface area is 119 Å². The Morgan fingerprint density at radius 1 is 1.56 bits per heavy atom. The molecule has 0 aliphatic heterocycles. The maximum absolute atomic E-state index is 6.23. The first-order chi connectivity index (χ1) is 8.60. The van der Waals surface area contributed by atoms with Crippen molar-refractivity contribution in [2.75, 3.05) is 0 Å². The summed E-state index contributed by atoms with van der Waals surface area (Å²) in [6, 6.07) is 5.75. The quantitative estimate of drug-likeness (QED) is 0.669. The zero-order valence-corrected chi connectivity index (χ0v) is 12.2. The highest BCUT2D eigenvalue weighted by atomic mass is 79.9. The van der Waals surface area contributed by atoms with Gasteiger partial charge < -0.3 is 0 Å². The van der Waals surface area contributed by atoms with Crippen molar-refractivity contribution < 1.29 is 0 Å². The fourth-order valence-corrected chi connectivity index (χ4v) is 2.66. The maximum Gasteiger partial charge on any atom is 0.0522 e. The molecule has 0 amide bonds. The van der Waals surface area contributed by atoms with Crippen LogP contribution in [-0.2, 0) is 13.5 Å². The molecule has 1 unspecified atom stereocenters. The van der Waals surface area contributed by atoms with Crippen LogP contribution in [0.25, 0.3) is 0 Å². The van der Waals surface area contributed by atoms with Crippen LogP contribution in [0.2, 0.25) is 5.02 Å². The maximum atomic E-state index is 6.23. The van der Waals surface area contributed by atoms with Gasteiger partial charge in [0.1, 0.15) is 0 Å². The summed E-state index contributed by atoms with van der Waals surface area (Å²) in [6.07, 6.45) is 4.54. The van der Waals surface area contributed by atoms with Gasteiger partial charge in [-0.3, -0.25) is 16.0 Å². The zero-order valence-electron chi connectivity index (χ0n) is 9.90. The lowest BCUT2D eigenvalue weighted by atomic mass is 10.0. The van der Waals surface area contributed by atoms with Crippen LogP contribution in [0.5, 0.6) is 0 Å². The second-order valence-electron chi connectivity index (χ2n) is 4.11. The van der Waals surface area contributed by atoms with Gasteiger partial charge in [-0.2, -0.15) is 5.10 Å². The van der Waals surface area contributed by atoms with Gasteiger partial charge in [0.05, 0.1) is 12.2 Å². The van der Waals surface area contributed by atoms with Gasteiger partial charge in [0.15, 0.2) is 0 Å². The van der Waals surface area contributed by atoms with Crippen molar-refractivity contribution in [3.05, 3.63) is 51.2 Å². The normalized spacial score (nSPS) is 12.7. The second kappa shape index (κ2) is 5.84. The third-order valence-corrected chi connectivity index (χ3v) is 3.56. The van der Waals surface area contributed by atoms with E-state index in [9.17, 15) is 0 Å². The van der Waals surface area contributed by atoms with Crippen LogP contribution >= 0.6 is 27.5 Å². The molecule has 3 N–H and O–H groups in total. The van der Waals surface area contributed by atoms with Gasteiger partial charge in [-0.05, 0) is 29.7 Å². The third-order valence-electron chi connectivity index (χ3n) is 2.74. The number of halogens is 2. The summed E-state index contributed by atoms with van der Waals surface area (Å²) in [5.41, 5.74) is 4.89. The number of hydrazine groups is 1. The number of hydrogen-bond donors (Lipinski definition) is 2. The summed E-state index contributed by atoms with van der Waals surface area (Å²) in [5.74, 6) is 5.62. The van der Waals surface area contributed by atoms with E-state index in [0.717, 1.165) is 22.0 Å².